The molecule has 0 aliphatic carbocycles. The molecule has 4 rings (SSSR count). The molecular formula is C28H34N6O6S. The lowest BCUT2D eigenvalue weighted by Gasteiger charge is -2.24. The van der Waals surface area contributed by atoms with Gasteiger partial charge in [-0.1, -0.05) is 12.1 Å². The zero-order chi connectivity index (χ0) is 29.7. The second-order valence-corrected chi connectivity index (χ2v) is 12.2. The van der Waals surface area contributed by atoms with E-state index in [2.05, 4.69) is 25.1 Å². The van der Waals surface area contributed by atoms with E-state index in [0.29, 0.717) is 22.8 Å². The van der Waals surface area contributed by atoms with Gasteiger partial charge in [0, 0.05) is 30.4 Å². The number of pyridine rings is 1. The molecule has 3 aromatic heterocycles. The molecule has 0 aliphatic heterocycles. The number of hydrogen-bond donors (Lipinski definition) is 2. The number of para-hydroxylation sites is 1. The summed E-state index contributed by atoms with van der Waals surface area (Å²) in [7, 11) is -2.45. The van der Waals surface area contributed by atoms with Crippen LogP contribution in [0.4, 0.5) is 0 Å². The summed E-state index contributed by atoms with van der Waals surface area (Å²) in [6.07, 6.45) is 4.16. The lowest BCUT2D eigenvalue weighted by atomic mass is 10.1. The number of aromatic nitrogens is 6. The van der Waals surface area contributed by atoms with E-state index in [1.165, 1.54) is 6.92 Å². The van der Waals surface area contributed by atoms with E-state index in [1.807, 2.05) is 39.0 Å². The van der Waals surface area contributed by atoms with Gasteiger partial charge in [-0.3, -0.25) is 9.55 Å². The van der Waals surface area contributed by atoms with E-state index < -0.39 is 39.7 Å². The molecule has 0 aliphatic rings. The highest BCUT2D eigenvalue weighted by Crippen LogP contribution is 2.33. The Morgan fingerprint density at radius 2 is 1.76 bits per heavy atom. The first-order valence-electron chi connectivity index (χ1n) is 13.0. The van der Waals surface area contributed by atoms with Gasteiger partial charge in [0.1, 0.15) is 23.7 Å². The van der Waals surface area contributed by atoms with Gasteiger partial charge in [-0.05, 0) is 56.5 Å². The normalized spacial score (nSPS) is 14.0. The van der Waals surface area contributed by atoms with Crippen LogP contribution in [-0.2, 0) is 20.3 Å². The van der Waals surface area contributed by atoms with Crippen molar-refractivity contribution in [3.8, 4) is 22.8 Å². The Balaban J connectivity index is 1.80. The fourth-order valence-corrected chi connectivity index (χ4v) is 5.72. The zero-order valence-corrected chi connectivity index (χ0v) is 24.4. The summed E-state index contributed by atoms with van der Waals surface area (Å²) in [5, 5.41) is 26.7. The van der Waals surface area contributed by atoms with Gasteiger partial charge in [-0.15, -0.1) is 10.2 Å². The fraction of sp³-hybridized carbons (Fsp3) is 0.393. The second kappa shape index (κ2) is 12.8. The number of rotatable bonds is 12. The third-order valence-corrected chi connectivity index (χ3v) is 8.61. The monoisotopic (exact) mass is 582 g/mol. The largest absolute Gasteiger partial charge is 0.495 e. The Morgan fingerprint density at radius 3 is 2.41 bits per heavy atom. The lowest BCUT2D eigenvalue weighted by molar-refractivity contribution is -0.0324. The second-order valence-electron chi connectivity index (χ2n) is 9.87. The van der Waals surface area contributed by atoms with E-state index in [-0.39, 0.29) is 18.3 Å². The maximum Gasteiger partial charge on any atom is 0.170 e. The topological polar surface area (TPSA) is 162 Å². The van der Waals surface area contributed by atoms with Crippen molar-refractivity contribution in [3.05, 3.63) is 77.4 Å². The maximum absolute atomic E-state index is 13.9. The summed E-state index contributed by atoms with van der Waals surface area (Å²) in [6.45, 7) is 6.25. The molecule has 4 aromatic rings. The van der Waals surface area contributed by atoms with Crippen LogP contribution < -0.4 is 4.74 Å². The molecule has 0 spiro atoms. The van der Waals surface area contributed by atoms with E-state index in [1.54, 1.807) is 42.5 Å². The number of sulfone groups is 1. The first kappa shape index (κ1) is 30.2. The van der Waals surface area contributed by atoms with Gasteiger partial charge in [0.05, 0.1) is 31.3 Å². The predicted octanol–water partition coefficient (Wildman–Crippen LogP) is 2.47. The molecule has 0 bridgehead atoms. The zero-order valence-electron chi connectivity index (χ0n) is 23.6. The quantitative estimate of drug-likeness (QED) is 0.252. The van der Waals surface area contributed by atoms with E-state index in [4.69, 9.17) is 9.47 Å². The summed E-state index contributed by atoms with van der Waals surface area (Å²) in [6, 6.07) is 7.41. The first-order chi connectivity index (χ1) is 19.6. The molecule has 1 aromatic carbocycles. The summed E-state index contributed by atoms with van der Waals surface area (Å²) in [5.74, 6) is 0.745. The predicted molar refractivity (Wildman–Crippen MR) is 151 cm³/mol. The molecule has 0 unspecified atom stereocenters. The molecule has 218 valence electrons. The molecule has 3 heterocycles. The van der Waals surface area contributed by atoms with E-state index in [9.17, 15) is 18.6 Å². The number of methoxy groups -OCH3 is 1. The van der Waals surface area contributed by atoms with Gasteiger partial charge < -0.3 is 19.7 Å². The van der Waals surface area contributed by atoms with Crippen LogP contribution >= 0.6 is 0 Å². The number of aliphatic hydroxyl groups excluding tert-OH is 2. The summed E-state index contributed by atoms with van der Waals surface area (Å²) in [4.78, 5) is 12.8. The van der Waals surface area contributed by atoms with Gasteiger partial charge in [-0.25, -0.2) is 18.4 Å². The SMILES string of the molecule is COc1cccc(C)c1-n1c(CS(=O)(=O)[C@H](C)[C@@H](OC[C@H](O)CO)c2ncc(C)cn2)nnc1-c1cncc(C)c1. The highest BCUT2D eigenvalue weighted by molar-refractivity contribution is 7.91. The molecular weight excluding hydrogens is 548 g/mol. The summed E-state index contributed by atoms with van der Waals surface area (Å²) in [5.41, 5.74) is 3.78. The van der Waals surface area contributed by atoms with Crippen molar-refractivity contribution in [2.45, 2.75) is 50.9 Å². The van der Waals surface area contributed by atoms with Crippen molar-refractivity contribution in [2.75, 3.05) is 20.3 Å². The number of aliphatic hydroxyl groups is 2. The third kappa shape index (κ3) is 6.76. The van der Waals surface area contributed by atoms with Gasteiger partial charge in [0.15, 0.2) is 27.3 Å². The Hall–Kier alpha value is -3.78. The average molecular weight is 583 g/mol. The Morgan fingerprint density at radius 1 is 1.02 bits per heavy atom. The fourth-order valence-electron chi connectivity index (χ4n) is 4.33. The Labute approximate surface area is 239 Å². The first-order valence-corrected chi connectivity index (χ1v) is 14.7. The summed E-state index contributed by atoms with van der Waals surface area (Å²) >= 11 is 0. The molecule has 3 atom stereocenters. The third-order valence-electron chi connectivity index (χ3n) is 6.56. The van der Waals surface area contributed by atoms with Crippen molar-refractivity contribution in [1.82, 2.24) is 29.7 Å². The van der Waals surface area contributed by atoms with E-state index >= 15 is 0 Å². The van der Waals surface area contributed by atoms with Crippen molar-refractivity contribution in [3.63, 3.8) is 0 Å². The molecule has 2 N–H and O–H groups in total. The van der Waals surface area contributed by atoms with Crippen LogP contribution in [-0.4, -0.2) is 80.0 Å². The van der Waals surface area contributed by atoms with Crippen LogP contribution in [0.1, 0.15) is 41.4 Å². The van der Waals surface area contributed by atoms with Crippen LogP contribution in [0.15, 0.2) is 49.1 Å². The minimum Gasteiger partial charge on any atom is -0.495 e. The van der Waals surface area contributed by atoms with E-state index in [0.717, 1.165) is 16.7 Å². The van der Waals surface area contributed by atoms with Crippen molar-refractivity contribution < 1.29 is 28.1 Å². The van der Waals surface area contributed by atoms with Crippen molar-refractivity contribution in [2.24, 2.45) is 0 Å². The minimum absolute atomic E-state index is 0.144. The number of ether oxygens (including phenoxy) is 2. The molecule has 0 fully saturated rings. The molecule has 0 saturated heterocycles. The highest BCUT2D eigenvalue weighted by Gasteiger charge is 2.36. The number of hydrogen-bond acceptors (Lipinski definition) is 11. The van der Waals surface area contributed by atoms with Crippen LogP contribution in [0, 0.1) is 20.8 Å². The van der Waals surface area contributed by atoms with Gasteiger partial charge in [0.2, 0.25) is 0 Å². The Bertz CT molecular complexity index is 1590. The summed E-state index contributed by atoms with van der Waals surface area (Å²) < 4.78 is 41.0. The molecule has 0 radical (unpaired) electrons. The van der Waals surface area contributed by atoms with Crippen molar-refractivity contribution in [1.29, 1.82) is 0 Å². The highest BCUT2D eigenvalue weighted by atomic mass is 32.2. The smallest absolute Gasteiger partial charge is 0.170 e. The molecule has 13 heteroatoms. The van der Waals surface area contributed by atoms with Crippen LogP contribution in [0.2, 0.25) is 0 Å². The van der Waals surface area contributed by atoms with Crippen LogP contribution in [0.25, 0.3) is 17.1 Å². The average Bonchev–Trinajstić information content (AvgIpc) is 3.35. The van der Waals surface area contributed by atoms with Gasteiger partial charge >= 0.3 is 0 Å². The number of benzene rings is 1. The number of aryl methyl sites for hydroxylation is 3. The Kier molecular flexibility index (Phi) is 9.43. The van der Waals surface area contributed by atoms with Gasteiger partial charge in [-0.2, -0.15) is 0 Å². The van der Waals surface area contributed by atoms with Crippen LogP contribution in [0.5, 0.6) is 5.75 Å². The molecule has 0 saturated carbocycles. The van der Waals surface area contributed by atoms with Crippen LogP contribution in [0.3, 0.4) is 0 Å². The molecule has 41 heavy (non-hydrogen) atoms. The van der Waals surface area contributed by atoms with Gasteiger partial charge in [0.25, 0.3) is 0 Å². The van der Waals surface area contributed by atoms with Crippen molar-refractivity contribution >= 4 is 9.84 Å². The lowest BCUT2D eigenvalue weighted by Crippen LogP contribution is -2.33. The number of nitrogens with zero attached hydrogens (tertiary/aromatic N) is 6. The molecule has 12 nitrogen and oxygen atoms in total. The standard InChI is InChI=1S/C28H34N6O6S/c1-17-9-21(13-29-10-17)28-33-32-24(34(28)25-19(3)7-6-8-23(25)39-5)16-41(37,38)20(4)26(40-15-22(36)14-35)27-30-11-18(2)12-31-27/h6-13,20,22,26,35-36H,14-16H2,1-5H3/t20-,22-,26-/m1/s1. The molecule has 0 amide bonds. The maximum atomic E-state index is 13.9. The minimum atomic E-state index is -3.99.